The van der Waals surface area contributed by atoms with Crippen molar-refractivity contribution in [1.82, 2.24) is 0 Å². The third-order valence-corrected chi connectivity index (χ3v) is 3.67. The highest BCUT2D eigenvalue weighted by atomic mass is 15.1. The van der Waals surface area contributed by atoms with Crippen LogP contribution >= 0.6 is 0 Å². The second-order valence-corrected chi connectivity index (χ2v) is 5.34. The maximum absolute atomic E-state index is 6.11. The summed E-state index contributed by atoms with van der Waals surface area (Å²) in [5.74, 6) is 0. The van der Waals surface area contributed by atoms with Gasteiger partial charge in [-0.3, -0.25) is 0 Å². The molecule has 2 rings (SSSR count). The van der Waals surface area contributed by atoms with E-state index in [0.717, 1.165) is 19.4 Å². The van der Waals surface area contributed by atoms with Crippen LogP contribution in [0.4, 0.5) is 5.69 Å². The minimum absolute atomic E-state index is 0.237. The highest BCUT2D eigenvalue weighted by molar-refractivity contribution is 5.53. The summed E-state index contributed by atoms with van der Waals surface area (Å²) < 4.78 is 0. The standard InChI is InChI=1S/C18H24N2/c1-3-17(19)13-16-11-7-8-12-18(16)20(2)14-15-9-5-4-6-10-15/h4-12,17H,3,13-14,19H2,1-2H3. The van der Waals surface area contributed by atoms with Crippen LogP contribution in [0.1, 0.15) is 24.5 Å². The van der Waals surface area contributed by atoms with E-state index < -0.39 is 0 Å². The van der Waals surface area contributed by atoms with Crippen LogP contribution in [0.15, 0.2) is 54.6 Å². The smallest absolute Gasteiger partial charge is 0.0426 e. The predicted octanol–water partition coefficient (Wildman–Crippen LogP) is 3.60. The van der Waals surface area contributed by atoms with Gasteiger partial charge in [0.2, 0.25) is 0 Å². The van der Waals surface area contributed by atoms with E-state index in [9.17, 15) is 0 Å². The molecule has 0 amide bonds. The number of nitrogens with two attached hydrogens (primary N) is 1. The number of rotatable bonds is 6. The van der Waals surface area contributed by atoms with Crippen LogP contribution < -0.4 is 10.6 Å². The monoisotopic (exact) mass is 268 g/mol. The van der Waals surface area contributed by atoms with E-state index in [1.807, 2.05) is 0 Å². The van der Waals surface area contributed by atoms with Gasteiger partial charge in [-0.15, -0.1) is 0 Å². The highest BCUT2D eigenvalue weighted by Gasteiger charge is 2.10. The van der Waals surface area contributed by atoms with Gasteiger partial charge in [-0.25, -0.2) is 0 Å². The zero-order valence-corrected chi connectivity index (χ0v) is 12.4. The van der Waals surface area contributed by atoms with Gasteiger partial charge in [-0.2, -0.15) is 0 Å². The largest absolute Gasteiger partial charge is 0.370 e. The molecule has 2 nitrogen and oxygen atoms in total. The molecule has 2 heteroatoms. The van der Waals surface area contributed by atoms with Crippen LogP contribution in [-0.4, -0.2) is 13.1 Å². The molecule has 0 saturated carbocycles. The highest BCUT2D eigenvalue weighted by Crippen LogP contribution is 2.22. The quantitative estimate of drug-likeness (QED) is 0.867. The van der Waals surface area contributed by atoms with E-state index in [-0.39, 0.29) is 6.04 Å². The summed E-state index contributed by atoms with van der Waals surface area (Å²) in [4.78, 5) is 2.30. The SMILES string of the molecule is CCC(N)Cc1ccccc1N(C)Cc1ccccc1. The van der Waals surface area contributed by atoms with Crippen LogP contribution in [0.5, 0.6) is 0 Å². The normalized spacial score (nSPS) is 12.2. The van der Waals surface area contributed by atoms with Gasteiger partial charge in [0.15, 0.2) is 0 Å². The van der Waals surface area contributed by atoms with Crippen LogP contribution in [-0.2, 0) is 13.0 Å². The Kier molecular flexibility index (Phi) is 5.19. The first-order valence-electron chi connectivity index (χ1n) is 7.29. The van der Waals surface area contributed by atoms with E-state index in [1.54, 1.807) is 0 Å². The zero-order valence-electron chi connectivity index (χ0n) is 12.4. The summed E-state index contributed by atoms with van der Waals surface area (Å²) in [6, 6.07) is 19.3. The number of nitrogens with zero attached hydrogens (tertiary/aromatic N) is 1. The molecule has 0 aliphatic heterocycles. The molecule has 1 atom stereocenters. The summed E-state index contributed by atoms with van der Waals surface area (Å²) in [6.07, 6.45) is 1.95. The summed E-state index contributed by atoms with van der Waals surface area (Å²) in [6.45, 7) is 3.06. The van der Waals surface area contributed by atoms with Crippen LogP contribution in [0.25, 0.3) is 0 Å². The molecule has 0 aromatic heterocycles. The molecule has 0 fully saturated rings. The van der Waals surface area contributed by atoms with E-state index in [2.05, 4.69) is 73.5 Å². The molecular weight excluding hydrogens is 244 g/mol. The van der Waals surface area contributed by atoms with Crippen molar-refractivity contribution in [3.8, 4) is 0 Å². The van der Waals surface area contributed by atoms with Crippen molar-refractivity contribution in [2.75, 3.05) is 11.9 Å². The van der Waals surface area contributed by atoms with Crippen LogP contribution in [0.3, 0.4) is 0 Å². The number of benzene rings is 2. The molecule has 2 aromatic rings. The van der Waals surface area contributed by atoms with Gasteiger partial charge < -0.3 is 10.6 Å². The minimum Gasteiger partial charge on any atom is -0.370 e. The van der Waals surface area contributed by atoms with Gasteiger partial charge >= 0.3 is 0 Å². The Morgan fingerprint density at radius 3 is 2.35 bits per heavy atom. The Labute approximate surface area is 122 Å². The van der Waals surface area contributed by atoms with Gasteiger partial charge in [0.05, 0.1) is 0 Å². The lowest BCUT2D eigenvalue weighted by Gasteiger charge is -2.23. The van der Waals surface area contributed by atoms with Gasteiger partial charge in [-0.05, 0) is 30.0 Å². The molecule has 106 valence electrons. The van der Waals surface area contributed by atoms with Crippen molar-refractivity contribution in [3.05, 3.63) is 65.7 Å². The minimum atomic E-state index is 0.237. The Balaban J connectivity index is 2.15. The van der Waals surface area contributed by atoms with Crippen molar-refractivity contribution >= 4 is 5.69 Å². The van der Waals surface area contributed by atoms with Crippen molar-refractivity contribution in [1.29, 1.82) is 0 Å². The number of para-hydroxylation sites is 1. The average molecular weight is 268 g/mol. The zero-order chi connectivity index (χ0) is 14.4. The lowest BCUT2D eigenvalue weighted by Crippen LogP contribution is -2.24. The van der Waals surface area contributed by atoms with E-state index >= 15 is 0 Å². The fraction of sp³-hybridized carbons (Fsp3) is 0.333. The molecule has 0 bridgehead atoms. The van der Waals surface area contributed by atoms with E-state index in [0.29, 0.717) is 0 Å². The van der Waals surface area contributed by atoms with Gasteiger partial charge in [-0.1, -0.05) is 55.5 Å². The Bertz CT molecular complexity index is 522. The summed E-state index contributed by atoms with van der Waals surface area (Å²) in [5.41, 5.74) is 10.0. The lowest BCUT2D eigenvalue weighted by atomic mass is 10.0. The third kappa shape index (κ3) is 3.84. The van der Waals surface area contributed by atoms with Gasteiger partial charge in [0.1, 0.15) is 0 Å². The summed E-state index contributed by atoms with van der Waals surface area (Å²) in [5, 5.41) is 0. The molecule has 2 N–H and O–H groups in total. The van der Waals surface area contributed by atoms with Crippen LogP contribution in [0, 0.1) is 0 Å². The Morgan fingerprint density at radius 1 is 1.00 bits per heavy atom. The number of anilines is 1. The van der Waals surface area contributed by atoms with E-state index in [4.69, 9.17) is 5.73 Å². The predicted molar refractivity (Wildman–Crippen MR) is 87.0 cm³/mol. The first-order valence-corrected chi connectivity index (χ1v) is 7.29. The molecule has 0 aliphatic rings. The van der Waals surface area contributed by atoms with Crippen molar-refractivity contribution in [2.45, 2.75) is 32.4 Å². The van der Waals surface area contributed by atoms with Gasteiger partial charge in [0, 0.05) is 25.3 Å². The van der Waals surface area contributed by atoms with E-state index in [1.165, 1.54) is 16.8 Å². The number of hydrogen-bond acceptors (Lipinski definition) is 2. The molecule has 2 aromatic carbocycles. The molecule has 0 spiro atoms. The lowest BCUT2D eigenvalue weighted by molar-refractivity contribution is 0.645. The summed E-state index contributed by atoms with van der Waals surface area (Å²) >= 11 is 0. The second-order valence-electron chi connectivity index (χ2n) is 5.34. The molecule has 20 heavy (non-hydrogen) atoms. The second kappa shape index (κ2) is 7.11. The fourth-order valence-corrected chi connectivity index (χ4v) is 2.43. The first kappa shape index (κ1) is 14.6. The molecule has 0 aliphatic carbocycles. The van der Waals surface area contributed by atoms with Crippen molar-refractivity contribution in [2.24, 2.45) is 5.73 Å². The fourth-order valence-electron chi connectivity index (χ4n) is 2.43. The summed E-state index contributed by atoms with van der Waals surface area (Å²) in [7, 11) is 2.14. The van der Waals surface area contributed by atoms with Crippen LogP contribution in [0.2, 0.25) is 0 Å². The molecule has 0 saturated heterocycles. The Hall–Kier alpha value is -1.80. The maximum atomic E-state index is 6.11. The Morgan fingerprint density at radius 2 is 1.65 bits per heavy atom. The van der Waals surface area contributed by atoms with Crippen molar-refractivity contribution in [3.63, 3.8) is 0 Å². The third-order valence-electron chi connectivity index (χ3n) is 3.67. The van der Waals surface area contributed by atoms with Gasteiger partial charge in [0.25, 0.3) is 0 Å². The van der Waals surface area contributed by atoms with Crippen molar-refractivity contribution < 1.29 is 0 Å². The molecule has 0 radical (unpaired) electrons. The molecule has 1 unspecified atom stereocenters. The average Bonchev–Trinajstić information content (AvgIpc) is 2.48. The topological polar surface area (TPSA) is 29.3 Å². The molecule has 0 heterocycles. The maximum Gasteiger partial charge on any atom is 0.0426 e. The molecular formula is C18H24N2. The number of hydrogen-bond donors (Lipinski definition) is 1. The first-order chi connectivity index (χ1) is 9.70.